The minimum Gasteiger partial charge on any atom is -0.550 e. The van der Waals surface area contributed by atoms with Gasteiger partial charge in [-0.15, -0.1) is 0 Å². The fraction of sp³-hybridized carbons (Fsp3) is 0.500. The fourth-order valence-electron chi connectivity index (χ4n) is 3.99. The van der Waals surface area contributed by atoms with E-state index in [9.17, 15) is 14.7 Å². The second kappa shape index (κ2) is 5.59. The lowest BCUT2D eigenvalue weighted by atomic mass is 9.78. The zero-order chi connectivity index (χ0) is 15.1. The van der Waals surface area contributed by atoms with Crippen molar-refractivity contribution in [2.45, 2.75) is 26.2 Å². The van der Waals surface area contributed by atoms with E-state index in [0.29, 0.717) is 0 Å². The van der Waals surface area contributed by atoms with Gasteiger partial charge in [-0.05, 0) is 84.4 Å². The minimum atomic E-state index is -1.07. The van der Waals surface area contributed by atoms with Crippen molar-refractivity contribution in [2.24, 2.45) is 23.7 Å². The summed E-state index contributed by atoms with van der Waals surface area (Å²) in [6.07, 6.45) is 2.72. The molecule has 21 heavy (non-hydrogen) atoms. The third-order valence-electron chi connectivity index (χ3n) is 4.94. The number of nitrogens with one attached hydrogen (secondary N) is 1. The van der Waals surface area contributed by atoms with Crippen LogP contribution >= 0.6 is 22.6 Å². The van der Waals surface area contributed by atoms with Crippen molar-refractivity contribution in [1.82, 2.24) is 0 Å². The Kier molecular flexibility index (Phi) is 3.94. The van der Waals surface area contributed by atoms with Gasteiger partial charge in [0.25, 0.3) is 0 Å². The Balaban J connectivity index is 1.80. The quantitative estimate of drug-likeness (QED) is 0.792. The van der Waals surface area contributed by atoms with E-state index in [-0.39, 0.29) is 17.7 Å². The zero-order valence-electron chi connectivity index (χ0n) is 11.8. The van der Waals surface area contributed by atoms with Gasteiger partial charge in [0.05, 0.1) is 0 Å². The summed E-state index contributed by atoms with van der Waals surface area (Å²) in [6.45, 7) is 1.94. The molecule has 2 bridgehead atoms. The van der Waals surface area contributed by atoms with Crippen molar-refractivity contribution in [3.05, 3.63) is 27.3 Å². The molecule has 0 unspecified atom stereocenters. The summed E-state index contributed by atoms with van der Waals surface area (Å²) in [7, 11) is 0. The molecular formula is C16H17INO3-. The number of aliphatic carboxylic acids is 1. The van der Waals surface area contributed by atoms with Crippen LogP contribution in [0.2, 0.25) is 0 Å². The molecule has 2 saturated carbocycles. The van der Waals surface area contributed by atoms with Gasteiger partial charge in [-0.25, -0.2) is 0 Å². The van der Waals surface area contributed by atoms with E-state index in [1.165, 1.54) is 0 Å². The van der Waals surface area contributed by atoms with Crippen LogP contribution in [0.4, 0.5) is 5.69 Å². The number of benzene rings is 1. The van der Waals surface area contributed by atoms with Crippen LogP contribution in [0.15, 0.2) is 18.2 Å². The molecule has 0 heterocycles. The third-order valence-corrected chi connectivity index (χ3v) is 5.61. The van der Waals surface area contributed by atoms with E-state index >= 15 is 0 Å². The van der Waals surface area contributed by atoms with Gasteiger partial charge in [0, 0.05) is 27.1 Å². The molecule has 4 nitrogen and oxygen atoms in total. The summed E-state index contributed by atoms with van der Waals surface area (Å²) < 4.78 is 1.11. The molecule has 5 heteroatoms. The van der Waals surface area contributed by atoms with E-state index in [1.807, 2.05) is 25.1 Å². The standard InChI is InChI=1S/C16H18INO3/c1-8-6-11(17)4-5-12(8)18-15(19)13-9-2-3-10(7-9)14(13)16(20)21/h4-6,9-10,13-14H,2-3,7H2,1H3,(H,18,19)(H,20,21)/p-1/t9-,10-,13-,14-/m0/s1. The first kappa shape index (κ1) is 14.8. The summed E-state index contributed by atoms with van der Waals surface area (Å²) >= 11 is 2.22. The molecule has 0 spiro atoms. The van der Waals surface area contributed by atoms with E-state index in [1.54, 1.807) is 0 Å². The molecule has 1 aromatic carbocycles. The van der Waals surface area contributed by atoms with E-state index in [0.717, 1.165) is 34.1 Å². The van der Waals surface area contributed by atoms with Gasteiger partial charge in [0.1, 0.15) is 0 Å². The van der Waals surface area contributed by atoms with Crippen LogP contribution in [0, 0.1) is 34.2 Å². The Morgan fingerprint density at radius 1 is 1.24 bits per heavy atom. The molecule has 2 fully saturated rings. The maximum absolute atomic E-state index is 12.6. The summed E-state index contributed by atoms with van der Waals surface area (Å²) in [5.74, 6) is -1.97. The van der Waals surface area contributed by atoms with Crippen LogP contribution in [0.3, 0.4) is 0 Å². The van der Waals surface area contributed by atoms with Crippen LogP contribution in [0.1, 0.15) is 24.8 Å². The van der Waals surface area contributed by atoms with Crippen LogP contribution in [0.5, 0.6) is 0 Å². The largest absolute Gasteiger partial charge is 0.550 e. The average Bonchev–Trinajstić information content (AvgIpc) is 3.02. The number of halogens is 1. The monoisotopic (exact) mass is 398 g/mol. The van der Waals surface area contributed by atoms with Gasteiger partial charge in [-0.1, -0.05) is 0 Å². The van der Waals surface area contributed by atoms with Crippen LogP contribution in [-0.2, 0) is 9.59 Å². The predicted molar refractivity (Wildman–Crippen MR) is 85.3 cm³/mol. The Hall–Kier alpha value is -1.11. The van der Waals surface area contributed by atoms with Crippen LogP contribution < -0.4 is 10.4 Å². The number of aryl methyl sites for hydroxylation is 1. The van der Waals surface area contributed by atoms with Gasteiger partial charge in [0.15, 0.2) is 0 Å². The van der Waals surface area contributed by atoms with Crippen molar-refractivity contribution in [3.63, 3.8) is 0 Å². The summed E-state index contributed by atoms with van der Waals surface area (Å²) in [6, 6.07) is 5.80. The number of rotatable bonds is 3. The predicted octanol–water partition coefficient (Wildman–Crippen LogP) is 1.95. The topological polar surface area (TPSA) is 69.2 Å². The van der Waals surface area contributed by atoms with Gasteiger partial charge in [-0.2, -0.15) is 0 Å². The van der Waals surface area contributed by atoms with Gasteiger partial charge < -0.3 is 15.2 Å². The Morgan fingerprint density at radius 2 is 1.90 bits per heavy atom. The van der Waals surface area contributed by atoms with E-state index in [2.05, 4.69) is 27.9 Å². The molecule has 2 aliphatic carbocycles. The number of fused-ring (bicyclic) bond motifs is 2. The molecule has 2 aliphatic rings. The number of carboxylic acids is 1. The average molecular weight is 398 g/mol. The second-order valence-corrected chi connectivity index (χ2v) is 7.40. The molecule has 1 amide bonds. The molecule has 1 aromatic rings. The minimum absolute atomic E-state index is 0.119. The number of carboxylic acid groups (broad SMARTS) is 1. The number of anilines is 1. The van der Waals surface area contributed by atoms with Crippen LogP contribution in [-0.4, -0.2) is 11.9 Å². The van der Waals surface area contributed by atoms with Gasteiger partial charge in [-0.3, -0.25) is 4.79 Å². The first-order valence-electron chi connectivity index (χ1n) is 7.25. The number of carbonyl (C=O) groups is 2. The Bertz CT molecular complexity index is 601. The van der Waals surface area contributed by atoms with Crippen LogP contribution in [0.25, 0.3) is 0 Å². The number of hydrogen-bond donors (Lipinski definition) is 1. The highest BCUT2D eigenvalue weighted by atomic mass is 127. The molecule has 0 radical (unpaired) electrons. The fourth-order valence-corrected chi connectivity index (χ4v) is 4.64. The molecule has 0 aliphatic heterocycles. The summed E-state index contributed by atoms with van der Waals surface area (Å²) in [4.78, 5) is 23.9. The maximum atomic E-state index is 12.6. The highest BCUT2D eigenvalue weighted by molar-refractivity contribution is 14.1. The number of amides is 1. The normalized spacial score (nSPS) is 30.4. The molecule has 1 N–H and O–H groups in total. The summed E-state index contributed by atoms with van der Waals surface area (Å²) in [5, 5.41) is 14.3. The van der Waals surface area contributed by atoms with Gasteiger partial charge >= 0.3 is 0 Å². The van der Waals surface area contributed by atoms with Gasteiger partial charge in [0.2, 0.25) is 5.91 Å². The number of hydrogen-bond acceptors (Lipinski definition) is 3. The first-order chi connectivity index (χ1) is 9.97. The molecule has 112 valence electrons. The highest BCUT2D eigenvalue weighted by Gasteiger charge is 2.51. The lowest BCUT2D eigenvalue weighted by Gasteiger charge is -2.30. The van der Waals surface area contributed by atoms with E-state index in [4.69, 9.17) is 0 Å². The molecule has 0 saturated heterocycles. The Labute approximate surface area is 137 Å². The smallest absolute Gasteiger partial charge is 0.228 e. The zero-order valence-corrected chi connectivity index (χ0v) is 13.9. The number of carbonyl (C=O) groups excluding carboxylic acids is 2. The van der Waals surface area contributed by atoms with E-state index < -0.39 is 17.8 Å². The molecule has 3 rings (SSSR count). The van der Waals surface area contributed by atoms with Crippen molar-refractivity contribution < 1.29 is 14.7 Å². The van der Waals surface area contributed by atoms with Crippen molar-refractivity contribution in [2.75, 3.05) is 5.32 Å². The first-order valence-corrected chi connectivity index (χ1v) is 8.33. The maximum Gasteiger partial charge on any atom is 0.228 e. The highest BCUT2D eigenvalue weighted by Crippen LogP contribution is 2.52. The van der Waals surface area contributed by atoms with Crippen molar-refractivity contribution in [3.8, 4) is 0 Å². The summed E-state index contributed by atoms with van der Waals surface area (Å²) in [5.41, 5.74) is 1.75. The Morgan fingerprint density at radius 3 is 2.52 bits per heavy atom. The lowest BCUT2D eigenvalue weighted by Crippen LogP contribution is -2.44. The van der Waals surface area contributed by atoms with Crippen molar-refractivity contribution >= 4 is 40.2 Å². The second-order valence-electron chi connectivity index (χ2n) is 6.15. The molecule has 4 atom stereocenters. The molecular weight excluding hydrogens is 381 g/mol. The lowest BCUT2D eigenvalue weighted by molar-refractivity contribution is -0.314. The SMILES string of the molecule is Cc1cc(I)ccc1NC(=O)[C@H]1[C@H]2CC[C@@H](C2)[C@@H]1C(=O)[O-]. The third kappa shape index (κ3) is 2.67. The van der Waals surface area contributed by atoms with Crippen molar-refractivity contribution in [1.29, 1.82) is 0 Å². The molecule has 0 aromatic heterocycles.